The average Bonchev–Trinajstić information content (AvgIpc) is 3.02. The molecule has 0 bridgehead atoms. The van der Waals surface area contributed by atoms with Crippen LogP contribution in [0, 0.1) is 0 Å². The molecular weight excluding hydrogens is 328 g/mol. The van der Waals surface area contributed by atoms with Gasteiger partial charge < -0.3 is 9.84 Å². The molecule has 2 aromatic rings. The molecule has 0 aliphatic carbocycles. The summed E-state index contributed by atoms with van der Waals surface area (Å²) in [5.41, 5.74) is 0.794. The van der Waals surface area contributed by atoms with Gasteiger partial charge in [0.1, 0.15) is 6.04 Å². The van der Waals surface area contributed by atoms with Gasteiger partial charge in [0.05, 0.1) is 6.54 Å². The Balaban J connectivity index is 1.78. The van der Waals surface area contributed by atoms with E-state index < -0.39 is 6.04 Å². The monoisotopic (exact) mass is 348 g/mol. The highest BCUT2D eigenvalue weighted by atomic mass is 35.5. The van der Waals surface area contributed by atoms with Crippen LogP contribution in [0.1, 0.15) is 43.1 Å². The van der Waals surface area contributed by atoms with Crippen molar-refractivity contribution in [3.63, 3.8) is 0 Å². The Hall–Kier alpha value is -1.92. The molecule has 1 aliphatic heterocycles. The third kappa shape index (κ3) is 3.76. The number of hydrogen-bond acceptors (Lipinski definition) is 5. The van der Waals surface area contributed by atoms with Crippen molar-refractivity contribution in [2.24, 2.45) is 0 Å². The highest BCUT2D eigenvalue weighted by molar-refractivity contribution is 6.31. The van der Waals surface area contributed by atoms with Crippen LogP contribution in [-0.2, 0) is 17.8 Å². The highest BCUT2D eigenvalue weighted by Gasteiger charge is 2.33. The first-order valence-electron chi connectivity index (χ1n) is 8.26. The molecule has 128 valence electrons. The van der Waals surface area contributed by atoms with E-state index in [2.05, 4.69) is 22.4 Å². The molecule has 1 fully saturated rings. The van der Waals surface area contributed by atoms with E-state index in [4.69, 9.17) is 16.1 Å². The number of benzene rings is 1. The zero-order valence-corrected chi connectivity index (χ0v) is 14.4. The first kappa shape index (κ1) is 16.9. The summed E-state index contributed by atoms with van der Waals surface area (Å²) in [6.45, 7) is 3.86. The molecule has 1 aliphatic rings. The van der Waals surface area contributed by atoms with E-state index in [-0.39, 0.29) is 5.91 Å². The fraction of sp³-hybridized carbons (Fsp3) is 0.471. The molecule has 1 aromatic heterocycles. The van der Waals surface area contributed by atoms with Crippen LogP contribution in [0.2, 0.25) is 5.02 Å². The Bertz CT molecular complexity index is 703. The second kappa shape index (κ2) is 7.77. The van der Waals surface area contributed by atoms with Crippen molar-refractivity contribution < 1.29 is 9.32 Å². The largest absolute Gasteiger partial charge is 0.353 e. The van der Waals surface area contributed by atoms with Gasteiger partial charge in [-0.15, -0.1) is 0 Å². The van der Waals surface area contributed by atoms with Gasteiger partial charge in [-0.1, -0.05) is 48.3 Å². The number of halogens is 1. The summed E-state index contributed by atoms with van der Waals surface area (Å²) in [5, 5.41) is 7.50. The molecule has 0 spiro atoms. The second-order valence-corrected chi connectivity index (χ2v) is 6.30. The third-order valence-electron chi connectivity index (χ3n) is 4.11. The number of aromatic nitrogens is 2. The average molecular weight is 349 g/mol. The smallest absolute Gasteiger partial charge is 0.242 e. The summed E-state index contributed by atoms with van der Waals surface area (Å²) in [6.07, 6.45) is 2.94. The SMILES string of the molecule is CCCCc1noc(CN2CCNC(=O)C2c2ccccc2Cl)n1. The van der Waals surface area contributed by atoms with Crippen LogP contribution in [0.15, 0.2) is 28.8 Å². The number of aryl methyl sites for hydroxylation is 1. The quantitative estimate of drug-likeness (QED) is 0.869. The van der Waals surface area contributed by atoms with E-state index in [1.165, 1.54) is 0 Å². The molecule has 24 heavy (non-hydrogen) atoms. The lowest BCUT2D eigenvalue weighted by Gasteiger charge is -2.34. The van der Waals surface area contributed by atoms with E-state index in [1.807, 2.05) is 23.1 Å². The first-order valence-corrected chi connectivity index (χ1v) is 8.64. The number of rotatable bonds is 6. The lowest BCUT2D eigenvalue weighted by Crippen LogP contribution is -2.49. The number of carbonyl (C=O) groups is 1. The van der Waals surface area contributed by atoms with Crippen molar-refractivity contribution in [3.05, 3.63) is 46.6 Å². The van der Waals surface area contributed by atoms with Crippen molar-refractivity contribution in [2.45, 2.75) is 38.8 Å². The number of hydrogen-bond donors (Lipinski definition) is 1. The minimum atomic E-state index is -0.446. The van der Waals surface area contributed by atoms with Crippen molar-refractivity contribution in [3.8, 4) is 0 Å². The standard InChI is InChI=1S/C17H21ClN4O2/c1-2-3-8-14-20-15(24-21-14)11-22-10-9-19-17(23)16(22)12-6-4-5-7-13(12)18/h4-7,16H,2-3,8-11H2,1H3,(H,19,23). The Morgan fingerprint density at radius 2 is 2.25 bits per heavy atom. The predicted octanol–water partition coefficient (Wildman–Crippen LogP) is 2.74. The van der Waals surface area contributed by atoms with Crippen LogP contribution in [-0.4, -0.2) is 34.0 Å². The normalized spacial score (nSPS) is 18.6. The van der Waals surface area contributed by atoms with Gasteiger partial charge in [-0.3, -0.25) is 9.69 Å². The number of unbranched alkanes of at least 4 members (excludes halogenated alkanes) is 1. The molecule has 2 heterocycles. The first-order chi connectivity index (χ1) is 11.7. The van der Waals surface area contributed by atoms with Gasteiger partial charge in [0.25, 0.3) is 0 Å². The zero-order valence-electron chi connectivity index (χ0n) is 13.7. The van der Waals surface area contributed by atoms with Crippen LogP contribution in [0.5, 0.6) is 0 Å². The van der Waals surface area contributed by atoms with Gasteiger partial charge in [-0.2, -0.15) is 4.98 Å². The van der Waals surface area contributed by atoms with Crippen molar-refractivity contribution >= 4 is 17.5 Å². The van der Waals surface area contributed by atoms with Crippen LogP contribution >= 0.6 is 11.6 Å². The van der Waals surface area contributed by atoms with Crippen LogP contribution in [0.4, 0.5) is 0 Å². The minimum absolute atomic E-state index is 0.0555. The van der Waals surface area contributed by atoms with Crippen molar-refractivity contribution in [1.29, 1.82) is 0 Å². The van der Waals surface area contributed by atoms with Crippen LogP contribution in [0.25, 0.3) is 0 Å². The maximum Gasteiger partial charge on any atom is 0.242 e. The fourth-order valence-electron chi connectivity index (χ4n) is 2.88. The lowest BCUT2D eigenvalue weighted by molar-refractivity contribution is -0.129. The second-order valence-electron chi connectivity index (χ2n) is 5.89. The number of nitrogens with zero attached hydrogens (tertiary/aromatic N) is 3. The van der Waals surface area contributed by atoms with Crippen molar-refractivity contribution in [1.82, 2.24) is 20.4 Å². The van der Waals surface area contributed by atoms with Gasteiger partial charge in [-0.05, 0) is 18.1 Å². The molecule has 7 heteroatoms. The molecule has 1 atom stereocenters. The summed E-state index contributed by atoms with van der Waals surface area (Å²) in [5.74, 6) is 1.20. The van der Waals surface area contributed by atoms with E-state index >= 15 is 0 Å². The van der Waals surface area contributed by atoms with E-state index in [1.54, 1.807) is 6.07 Å². The van der Waals surface area contributed by atoms with Gasteiger partial charge in [-0.25, -0.2) is 0 Å². The molecule has 6 nitrogen and oxygen atoms in total. The lowest BCUT2D eigenvalue weighted by atomic mass is 10.0. The Morgan fingerprint density at radius 3 is 3.04 bits per heavy atom. The van der Waals surface area contributed by atoms with Gasteiger partial charge >= 0.3 is 0 Å². The number of amides is 1. The van der Waals surface area contributed by atoms with E-state index in [0.29, 0.717) is 30.5 Å². The highest BCUT2D eigenvalue weighted by Crippen LogP contribution is 2.30. The maximum absolute atomic E-state index is 12.4. The fourth-order valence-corrected chi connectivity index (χ4v) is 3.12. The van der Waals surface area contributed by atoms with Crippen molar-refractivity contribution in [2.75, 3.05) is 13.1 Å². The van der Waals surface area contributed by atoms with Gasteiger partial charge in [0, 0.05) is 24.5 Å². The summed E-state index contributed by atoms with van der Waals surface area (Å²) in [7, 11) is 0. The molecule has 0 saturated carbocycles. The molecule has 1 aromatic carbocycles. The number of carbonyl (C=O) groups excluding carboxylic acids is 1. The molecule has 1 unspecified atom stereocenters. The molecule has 1 saturated heterocycles. The molecular formula is C17H21ClN4O2. The summed E-state index contributed by atoms with van der Waals surface area (Å²) in [6, 6.07) is 6.97. The summed E-state index contributed by atoms with van der Waals surface area (Å²) >= 11 is 6.29. The van der Waals surface area contributed by atoms with E-state index in [9.17, 15) is 4.79 Å². The third-order valence-corrected chi connectivity index (χ3v) is 4.46. The molecule has 1 N–H and O–H groups in total. The molecule has 3 rings (SSSR count). The van der Waals surface area contributed by atoms with Gasteiger partial charge in [0.15, 0.2) is 5.82 Å². The molecule has 1 amide bonds. The topological polar surface area (TPSA) is 71.3 Å². The Labute approximate surface area is 146 Å². The van der Waals surface area contributed by atoms with Crippen LogP contribution < -0.4 is 5.32 Å². The summed E-state index contributed by atoms with van der Waals surface area (Å²) in [4.78, 5) is 18.9. The Kier molecular flexibility index (Phi) is 5.48. The van der Waals surface area contributed by atoms with E-state index in [0.717, 1.165) is 30.7 Å². The number of nitrogens with one attached hydrogen (secondary N) is 1. The minimum Gasteiger partial charge on any atom is -0.353 e. The predicted molar refractivity (Wildman–Crippen MR) is 90.5 cm³/mol. The van der Waals surface area contributed by atoms with Crippen LogP contribution in [0.3, 0.4) is 0 Å². The molecule has 0 radical (unpaired) electrons. The maximum atomic E-state index is 12.4. The van der Waals surface area contributed by atoms with Gasteiger partial charge in [0.2, 0.25) is 11.8 Å². The zero-order chi connectivity index (χ0) is 16.9. The Morgan fingerprint density at radius 1 is 1.42 bits per heavy atom. The summed E-state index contributed by atoms with van der Waals surface area (Å²) < 4.78 is 5.35. The number of piperazine rings is 1.